The summed E-state index contributed by atoms with van der Waals surface area (Å²) in [6.45, 7) is 1.08. The molecule has 6 nitrogen and oxygen atoms in total. The predicted octanol–water partition coefficient (Wildman–Crippen LogP) is 0.766. The van der Waals surface area contributed by atoms with E-state index in [1.54, 1.807) is 0 Å². The van der Waals surface area contributed by atoms with Crippen molar-refractivity contribution in [2.75, 3.05) is 0 Å². The molecule has 0 saturated carbocycles. The Kier molecular flexibility index (Phi) is 3.67. The van der Waals surface area contributed by atoms with Crippen LogP contribution in [0.3, 0.4) is 0 Å². The molecule has 0 heterocycles. The highest BCUT2D eigenvalue weighted by Gasteiger charge is 2.54. The SMILES string of the molecule is CC(C)(OS(=O)(=O)C(F)(F)F)P(=O)(O)O. The van der Waals surface area contributed by atoms with E-state index in [0.29, 0.717) is 13.8 Å². The lowest BCUT2D eigenvalue weighted by molar-refractivity contribution is -0.0588. The van der Waals surface area contributed by atoms with Gasteiger partial charge in [-0.25, -0.2) is 4.18 Å². The van der Waals surface area contributed by atoms with Crippen molar-refractivity contribution in [2.24, 2.45) is 0 Å². The van der Waals surface area contributed by atoms with Crippen molar-refractivity contribution in [1.82, 2.24) is 0 Å². The Balaban J connectivity index is 5.17. The molecule has 11 heteroatoms. The van der Waals surface area contributed by atoms with Gasteiger partial charge in [-0.15, -0.1) is 0 Å². The van der Waals surface area contributed by atoms with Crippen LogP contribution >= 0.6 is 7.60 Å². The van der Waals surface area contributed by atoms with Crippen molar-refractivity contribution in [2.45, 2.75) is 24.7 Å². The van der Waals surface area contributed by atoms with Gasteiger partial charge in [-0.3, -0.25) is 4.57 Å². The maximum absolute atomic E-state index is 11.8. The smallest absolute Gasteiger partial charge is 0.322 e. The predicted molar refractivity (Wildman–Crippen MR) is 42.2 cm³/mol. The summed E-state index contributed by atoms with van der Waals surface area (Å²) in [7, 11) is -11.2. The summed E-state index contributed by atoms with van der Waals surface area (Å²) in [5, 5.41) is -2.76. The molecule has 0 aliphatic rings. The van der Waals surface area contributed by atoms with E-state index >= 15 is 0 Å². The zero-order chi connectivity index (χ0) is 12.7. The lowest BCUT2D eigenvalue weighted by Gasteiger charge is -2.25. The van der Waals surface area contributed by atoms with Crippen molar-refractivity contribution in [1.29, 1.82) is 0 Å². The third kappa shape index (κ3) is 3.42. The molecule has 0 amide bonds. The Bertz CT molecular complexity index is 378. The van der Waals surface area contributed by atoms with Crippen LogP contribution in [-0.4, -0.2) is 29.1 Å². The van der Waals surface area contributed by atoms with Crippen LogP contribution in [0.1, 0.15) is 13.8 Å². The molecular formula is C4H8F3O6PS. The maximum Gasteiger partial charge on any atom is 0.523 e. The topological polar surface area (TPSA) is 101 Å². The molecule has 0 radical (unpaired) electrons. The quantitative estimate of drug-likeness (QED) is 0.447. The monoisotopic (exact) mass is 272 g/mol. The molecule has 0 unspecified atom stereocenters. The average molecular weight is 272 g/mol. The van der Waals surface area contributed by atoms with Gasteiger partial charge >= 0.3 is 23.2 Å². The molecule has 0 fully saturated rings. The van der Waals surface area contributed by atoms with Crippen LogP contribution in [-0.2, 0) is 18.9 Å². The second kappa shape index (κ2) is 3.70. The normalized spacial score (nSPS) is 15.4. The van der Waals surface area contributed by atoms with Gasteiger partial charge in [-0.05, 0) is 13.8 Å². The largest absolute Gasteiger partial charge is 0.523 e. The van der Waals surface area contributed by atoms with Gasteiger partial charge in [0.15, 0.2) is 5.34 Å². The standard InChI is InChI=1S/C4H8F3O6PS/c1-3(2,14(8,9)10)13-15(11,12)4(5,6)7/h1-2H3,(H2,8,9,10). The molecule has 0 aromatic heterocycles. The van der Waals surface area contributed by atoms with Crippen LogP contribution in [0.2, 0.25) is 0 Å². The molecule has 0 atom stereocenters. The highest BCUT2D eigenvalue weighted by atomic mass is 32.2. The van der Waals surface area contributed by atoms with Gasteiger partial charge in [0, 0.05) is 0 Å². The van der Waals surface area contributed by atoms with Gasteiger partial charge in [0.2, 0.25) is 0 Å². The van der Waals surface area contributed by atoms with Crippen molar-refractivity contribution >= 4 is 17.7 Å². The lowest BCUT2D eigenvalue weighted by Crippen LogP contribution is -2.35. The second-order valence-corrected chi connectivity index (χ2v) is 6.68. The van der Waals surface area contributed by atoms with E-state index in [0.717, 1.165) is 0 Å². The summed E-state index contributed by atoms with van der Waals surface area (Å²) in [5.74, 6) is 0. The summed E-state index contributed by atoms with van der Waals surface area (Å²) < 4.78 is 70.2. The first-order valence-corrected chi connectivity index (χ1v) is 6.30. The molecule has 15 heavy (non-hydrogen) atoms. The first-order valence-electron chi connectivity index (χ1n) is 3.28. The molecule has 92 valence electrons. The van der Waals surface area contributed by atoms with Gasteiger partial charge in [-0.1, -0.05) is 0 Å². The van der Waals surface area contributed by atoms with Gasteiger partial charge in [0.05, 0.1) is 0 Å². The van der Waals surface area contributed by atoms with Crippen molar-refractivity contribution < 1.29 is 40.1 Å². The van der Waals surface area contributed by atoms with Crippen LogP contribution in [0.25, 0.3) is 0 Å². The zero-order valence-corrected chi connectivity index (χ0v) is 9.23. The highest BCUT2D eigenvalue weighted by Crippen LogP contribution is 2.52. The Hall–Kier alpha value is -0.150. The van der Waals surface area contributed by atoms with Crippen LogP contribution < -0.4 is 0 Å². The molecule has 0 aromatic rings. The fraction of sp³-hybridized carbons (Fsp3) is 1.00. The van der Waals surface area contributed by atoms with E-state index < -0.39 is 28.6 Å². The van der Waals surface area contributed by atoms with E-state index in [4.69, 9.17) is 9.79 Å². The zero-order valence-electron chi connectivity index (χ0n) is 7.52. The number of halogens is 3. The van der Waals surface area contributed by atoms with Crippen LogP contribution in [0.4, 0.5) is 13.2 Å². The Labute approximate surface area is 83.3 Å². The fourth-order valence-corrected chi connectivity index (χ4v) is 1.68. The van der Waals surface area contributed by atoms with Crippen LogP contribution in [0.15, 0.2) is 0 Å². The number of hydrogen-bond acceptors (Lipinski definition) is 4. The molecule has 0 bridgehead atoms. The summed E-state index contributed by atoms with van der Waals surface area (Å²) in [5.41, 5.74) is -5.72. The second-order valence-electron chi connectivity index (χ2n) is 2.97. The van der Waals surface area contributed by atoms with E-state index in [-0.39, 0.29) is 0 Å². The van der Waals surface area contributed by atoms with Gasteiger partial charge in [0.25, 0.3) is 0 Å². The first kappa shape index (κ1) is 14.8. The minimum Gasteiger partial charge on any atom is -0.322 e. The van der Waals surface area contributed by atoms with Crippen LogP contribution in [0.5, 0.6) is 0 Å². The van der Waals surface area contributed by atoms with Gasteiger partial charge in [-0.2, -0.15) is 21.6 Å². The molecule has 0 spiro atoms. The number of hydrogen-bond donors (Lipinski definition) is 2. The molecule has 0 aromatic carbocycles. The van der Waals surface area contributed by atoms with E-state index in [2.05, 4.69) is 4.18 Å². The highest BCUT2D eigenvalue weighted by molar-refractivity contribution is 7.87. The van der Waals surface area contributed by atoms with Gasteiger partial charge < -0.3 is 9.79 Å². The summed E-state index contributed by atoms with van der Waals surface area (Å²) in [6, 6.07) is 0. The third-order valence-corrected chi connectivity index (χ3v) is 4.12. The van der Waals surface area contributed by atoms with E-state index in [1.807, 2.05) is 0 Å². The number of alkyl halides is 3. The third-order valence-electron chi connectivity index (χ3n) is 1.30. The van der Waals surface area contributed by atoms with E-state index in [9.17, 15) is 26.2 Å². The molecule has 0 saturated heterocycles. The molecule has 0 rings (SSSR count). The summed E-state index contributed by atoms with van der Waals surface area (Å²) in [6.07, 6.45) is 0. The maximum atomic E-state index is 11.8. The average Bonchev–Trinajstić information content (AvgIpc) is 1.77. The van der Waals surface area contributed by atoms with Gasteiger partial charge in [0.1, 0.15) is 0 Å². The molecule has 0 aliphatic heterocycles. The van der Waals surface area contributed by atoms with Crippen molar-refractivity contribution in [3.8, 4) is 0 Å². The summed E-state index contributed by atoms with van der Waals surface area (Å²) >= 11 is 0. The fourth-order valence-electron chi connectivity index (χ4n) is 0.364. The number of rotatable bonds is 3. The Morgan fingerprint density at radius 3 is 1.73 bits per heavy atom. The molecule has 2 N–H and O–H groups in total. The molecular weight excluding hydrogens is 264 g/mol. The minimum atomic E-state index is -6.03. The Morgan fingerprint density at radius 1 is 1.20 bits per heavy atom. The lowest BCUT2D eigenvalue weighted by atomic mass is 10.5. The Morgan fingerprint density at radius 2 is 1.53 bits per heavy atom. The van der Waals surface area contributed by atoms with E-state index in [1.165, 1.54) is 0 Å². The van der Waals surface area contributed by atoms with Crippen LogP contribution in [0, 0.1) is 0 Å². The van der Waals surface area contributed by atoms with Crippen molar-refractivity contribution in [3.63, 3.8) is 0 Å². The first-order chi connectivity index (χ1) is 6.21. The van der Waals surface area contributed by atoms with Crippen molar-refractivity contribution in [3.05, 3.63) is 0 Å². The molecule has 0 aliphatic carbocycles. The summed E-state index contributed by atoms with van der Waals surface area (Å²) in [4.78, 5) is 17.1. The minimum absolute atomic E-state index is 0.539.